The minimum absolute atomic E-state index is 0.0522. The maximum atomic E-state index is 13.2. The first-order valence-electron chi connectivity index (χ1n) is 8.49. The van der Waals surface area contributed by atoms with Crippen molar-refractivity contribution < 1.29 is 39.9 Å². The van der Waals surface area contributed by atoms with Gasteiger partial charge in [-0.1, -0.05) is 12.1 Å². The van der Waals surface area contributed by atoms with Gasteiger partial charge in [-0.3, -0.25) is 4.79 Å². The largest absolute Gasteiger partial charge is 0.504 e. The van der Waals surface area contributed by atoms with Gasteiger partial charge in [-0.05, 0) is 36.3 Å². The number of ketones is 1. The number of hydrogen-bond acceptors (Lipinski definition) is 8. The molecule has 0 amide bonds. The normalized spacial score (nSPS) is 22.1. The third kappa shape index (κ3) is 2.09. The van der Waals surface area contributed by atoms with E-state index in [2.05, 4.69) is 0 Å². The summed E-state index contributed by atoms with van der Waals surface area (Å²) in [6, 6.07) is 5.06. The molecular weight excluding hydrogens is 368 g/mol. The van der Waals surface area contributed by atoms with E-state index in [1.807, 2.05) is 0 Å². The molecule has 28 heavy (non-hydrogen) atoms. The standard InChI is InChI=1S/C20H16O8/c1-2-28-19(26)10-7-20(27)15-9(4-6-12(22)17(15)24)13(10)8-3-5-11(21)16(23)14(8)18(20)25/h3-7,13,21-24,27H,2H2,1H3/t13-,20+/m0/s1. The van der Waals surface area contributed by atoms with Crippen molar-refractivity contribution >= 4 is 11.8 Å². The molecule has 3 aliphatic rings. The predicted molar refractivity (Wildman–Crippen MR) is 94.3 cm³/mol. The van der Waals surface area contributed by atoms with Crippen LogP contribution in [0.2, 0.25) is 0 Å². The van der Waals surface area contributed by atoms with E-state index in [0.717, 1.165) is 12.1 Å². The molecule has 0 radical (unpaired) electrons. The topological polar surface area (TPSA) is 145 Å². The van der Waals surface area contributed by atoms with E-state index < -0.39 is 46.3 Å². The molecule has 5 N–H and O–H groups in total. The predicted octanol–water partition coefficient (Wildman–Crippen LogP) is 1.53. The number of aromatic hydroxyl groups is 4. The summed E-state index contributed by atoms with van der Waals surface area (Å²) in [7, 11) is 0. The Morgan fingerprint density at radius 1 is 1.04 bits per heavy atom. The first kappa shape index (κ1) is 17.9. The molecule has 2 bridgehead atoms. The van der Waals surface area contributed by atoms with E-state index in [-0.39, 0.29) is 34.4 Å². The Hall–Kier alpha value is -3.52. The molecule has 0 aromatic heterocycles. The van der Waals surface area contributed by atoms with Crippen molar-refractivity contribution in [3.8, 4) is 23.0 Å². The molecule has 144 valence electrons. The Labute approximate surface area is 158 Å². The molecule has 0 saturated heterocycles. The number of hydrogen-bond donors (Lipinski definition) is 5. The molecule has 0 heterocycles. The Morgan fingerprint density at radius 2 is 1.64 bits per heavy atom. The molecule has 0 fully saturated rings. The summed E-state index contributed by atoms with van der Waals surface area (Å²) in [5.74, 6) is -5.42. The summed E-state index contributed by atoms with van der Waals surface area (Å²) in [5.41, 5.74) is -2.93. The molecule has 2 atom stereocenters. The van der Waals surface area contributed by atoms with Crippen molar-refractivity contribution in [2.24, 2.45) is 0 Å². The summed E-state index contributed by atoms with van der Waals surface area (Å²) in [6.45, 7) is 1.65. The van der Waals surface area contributed by atoms with Crippen molar-refractivity contribution in [1.29, 1.82) is 0 Å². The van der Waals surface area contributed by atoms with Crippen LogP contribution in [0.3, 0.4) is 0 Å². The highest BCUT2D eigenvalue weighted by Gasteiger charge is 2.53. The van der Waals surface area contributed by atoms with E-state index in [1.165, 1.54) is 18.2 Å². The number of rotatable bonds is 2. The lowest BCUT2D eigenvalue weighted by Crippen LogP contribution is -2.37. The van der Waals surface area contributed by atoms with E-state index >= 15 is 0 Å². The first-order chi connectivity index (χ1) is 13.2. The van der Waals surface area contributed by atoms with Gasteiger partial charge in [0, 0.05) is 17.1 Å². The molecule has 0 aliphatic heterocycles. The summed E-state index contributed by atoms with van der Waals surface area (Å²) in [4.78, 5) is 25.8. The minimum Gasteiger partial charge on any atom is -0.504 e. The molecular formula is C20H16O8. The lowest BCUT2D eigenvalue weighted by molar-refractivity contribution is -0.138. The van der Waals surface area contributed by atoms with Crippen molar-refractivity contribution in [2.45, 2.75) is 18.4 Å². The van der Waals surface area contributed by atoms with Crippen LogP contribution in [0.1, 0.15) is 39.9 Å². The number of esters is 1. The average molecular weight is 384 g/mol. The van der Waals surface area contributed by atoms with Crippen LogP contribution in [0.5, 0.6) is 23.0 Å². The van der Waals surface area contributed by atoms with Crippen LogP contribution >= 0.6 is 0 Å². The van der Waals surface area contributed by atoms with Crippen LogP contribution in [0.4, 0.5) is 0 Å². The highest BCUT2D eigenvalue weighted by Crippen LogP contribution is 2.56. The maximum absolute atomic E-state index is 13.2. The fourth-order valence-corrected chi connectivity index (χ4v) is 3.96. The quantitative estimate of drug-likeness (QED) is 0.387. The van der Waals surface area contributed by atoms with E-state index in [1.54, 1.807) is 6.92 Å². The number of phenols is 4. The minimum atomic E-state index is -2.56. The van der Waals surface area contributed by atoms with Crippen molar-refractivity contribution in [1.82, 2.24) is 0 Å². The Balaban J connectivity index is 2.15. The van der Waals surface area contributed by atoms with E-state index in [9.17, 15) is 35.1 Å². The van der Waals surface area contributed by atoms with Crippen LogP contribution in [0.25, 0.3) is 0 Å². The number of ether oxygens (including phenoxy) is 1. The van der Waals surface area contributed by atoms with Crippen LogP contribution < -0.4 is 0 Å². The average Bonchev–Trinajstić information content (AvgIpc) is 2.80. The maximum Gasteiger partial charge on any atom is 0.334 e. The molecule has 3 aliphatic carbocycles. The van der Waals surface area contributed by atoms with E-state index in [0.29, 0.717) is 0 Å². The van der Waals surface area contributed by atoms with Gasteiger partial charge in [0.2, 0.25) is 5.78 Å². The number of phenolic OH excluding ortho intramolecular Hbond substituents is 4. The number of aliphatic hydroxyl groups is 1. The molecule has 0 unspecified atom stereocenters. The molecule has 8 nitrogen and oxygen atoms in total. The van der Waals surface area contributed by atoms with Gasteiger partial charge in [0.25, 0.3) is 0 Å². The summed E-state index contributed by atoms with van der Waals surface area (Å²) in [6.07, 6.45) is 0.968. The Morgan fingerprint density at radius 3 is 2.29 bits per heavy atom. The second-order valence-corrected chi connectivity index (χ2v) is 6.64. The van der Waals surface area contributed by atoms with Gasteiger partial charge in [0.1, 0.15) is 0 Å². The third-order valence-corrected chi connectivity index (χ3v) is 5.14. The zero-order valence-corrected chi connectivity index (χ0v) is 14.6. The Kier molecular flexibility index (Phi) is 3.66. The molecule has 0 saturated carbocycles. The summed E-state index contributed by atoms with van der Waals surface area (Å²) >= 11 is 0. The van der Waals surface area contributed by atoms with Gasteiger partial charge in [-0.25, -0.2) is 4.79 Å². The highest BCUT2D eigenvalue weighted by molar-refractivity contribution is 6.12. The second kappa shape index (κ2) is 5.74. The van der Waals surface area contributed by atoms with Gasteiger partial charge < -0.3 is 30.3 Å². The zero-order chi connectivity index (χ0) is 20.4. The zero-order valence-electron chi connectivity index (χ0n) is 14.6. The monoisotopic (exact) mass is 384 g/mol. The molecule has 8 heteroatoms. The summed E-state index contributed by atoms with van der Waals surface area (Å²) < 4.78 is 5.05. The van der Waals surface area contributed by atoms with Crippen LogP contribution in [-0.2, 0) is 15.1 Å². The fourth-order valence-electron chi connectivity index (χ4n) is 3.96. The highest BCUT2D eigenvalue weighted by atomic mass is 16.5. The number of benzene rings is 2. The van der Waals surface area contributed by atoms with Gasteiger partial charge in [0.15, 0.2) is 28.6 Å². The molecule has 2 aromatic rings. The van der Waals surface area contributed by atoms with Crippen molar-refractivity contribution in [3.63, 3.8) is 0 Å². The molecule has 5 rings (SSSR count). The lowest BCUT2D eigenvalue weighted by atomic mass is 9.74. The smallest absolute Gasteiger partial charge is 0.334 e. The van der Waals surface area contributed by atoms with Crippen molar-refractivity contribution in [3.05, 3.63) is 58.2 Å². The SMILES string of the molecule is CCOC(=O)C1=C[C@]2(O)C(=O)c3c(ccc(O)c3O)[C@H]1c1ccc(O)c(O)c12. The van der Waals surface area contributed by atoms with E-state index in [4.69, 9.17) is 4.74 Å². The molecule has 2 aromatic carbocycles. The van der Waals surface area contributed by atoms with Gasteiger partial charge >= 0.3 is 5.97 Å². The summed E-state index contributed by atoms with van der Waals surface area (Å²) in [5, 5.41) is 51.7. The van der Waals surface area contributed by atoms with Gasteiger partial charge in [-0.2, -0.15) is 0 Å². The fraction of sp³-hybridized carbons (Fsp3) is 0.200. The third-order valence-electron chi connectivity index (χ3n) is 5.14. The number of carbonyl (C=O) groups is 2. The number of carbonyl (C=O) groups excluding carboxylic acids is 2. The van der Waals surface area contributed by atoms with Crippen LogP contribution in [-0.4, -0.2) is 43.9 Å². The second-order valence-electron chi connectivity index (χ2n) is 6.64. The van der Waals surface area contributed by atoms with Crippen LogP contribution in [0, 0.1) is 0 Å². The molecule has 0 spiro atoms. The Bertz CT molecular complexity index is 1080. The lowest BCUT2D eigenvalue weighted by Gasteiger charge is -2.32. The van der Waals surface area contributed by atoms with Gasteiger partial charge in [0.05, 0.1) is 12.2 Å². The number of Topliss-reactive ketones (excluding diaryl/α,β-unsaturated/α-hetero) is 1. The first-order valence-corrected chi connectivity index (χ1v) is 8.49. The van der Waals surface area contributed by atoms with Crippen LogP contribution in [0.15, 0.2) is 35.9 Å². The van der Waals surface area contributed by atoms with Crippen molar-refractivity contribution in [2.75, 3.05) is 6.61 Å². The van der Waals surface area contributed by atoms with Gasteiger partial charge in [-0.15, -0.1) is 0 Å².